The number of nitrogens with zero attached hydrogens (tertiary/aromatic N) is 2. The molecule has 0 spiro atoms. The first-order valence-electron chi connectivity index (χ1n) is 26.5. The molecule has 83 heavy (non-hydrogen) atoms. The molecule has 10 nitrogen and oxygen atoms in total. The van der Waals surface area contributed by atoms with E-state index in [2.05, 4.69) is 0 Å². The molecule has 11 rings (SSSR count). The normalized spacial score (nSPS) is 14.3. The Morgan fingerprint density at radius 2 is 1.12 bits per heavy atom. The molecule has 3 heterocycles. The fourth-order valence-electron chi connectivity index (χ4n) is 12.4. The standard InChI is InChI=1S/C64H51BF8N2O8/c1-33-21-23-42-45-26-28-47(64(69,70)71)54-40(22-24-43(56(45)54)44-25-27-46(63(66,67)68)51(33)55(42)44)19-14-20-50(76)83-41-29-48(79-6)57(49(30-41)80-7)58-59-34(2)52(61(77)81-31-38-15-10-8-11-16-38)36(4)74(59)65(72,73)75-37(5)53(35(3)60(58)75)62(78)82-32-39-17-12-9-13-18-39/h8-13,15-18,21-30H,14,19-20,31-32H2,1-7H3. The number of halogens is 8. The quantitative estimate of drug-likeness (QED) is 0.0265. The van der Waals surface area contributed by atoms with Crippen molar-refractivity contribution < 1.29 is 77.5 Å². The minimum atomic E-state index is -4.89. The number of fused-ring (bicyclic) bond motifs is 4. The number of benzene rings is 8. The fourth-order valence-corrected chi connectivity index (χ4v) is 12.4. The highest BCUT2D eigenvalue weighted by atomic mass is 19.4. The number of alkyl halides is 6. The molecule has 2 aliphatic rings. The van der Waals surface area contributed by atoms with Gasteiger partial charge in [0, 0.05) is 36.7 Å². The van der Waals surface area contributed by atoms with Crippen LogP contribution in [-0.2, 0) is 51.0 Å². The second-order valence-corrected chi connectivity index (χ2v) is 20.7. The van der Waals surface area contributed by atoms with Gasteiger partial charge in [-0.15, -0.1) is 0 Å². The largest absolute Gasteiger partial charge is 0.737 e. The maximum absolute atomic E-state index is 17.8. The molecular weight excluding hydrogens is 1090 g/mol. The maximum Gasteiger partial charge on any atom is 0.737 e. The topological polar surface area (TPSA) is 105 Å². The van der Waals surface area contributed by atoms with Crippen molar-refractivity contribution >= 4 is 79.3 Å². The Labute approximate surface area is 470 Å². The average Bonchev–Trinajstić information content (AvgIpc) is 2.53. The number of hydrogen-bond donors (Lipinski definition) is 0. The number of rotatable bonds is 14. The summed E-state index contributed by atoms with van der Waals surface area (Å²) in [5, 5.41) is 1.77. The van der Waals surface area contributed by atoms with E-state index in [1.807, 2.05) is 0 Å². The molecule has 0 bridgehead atoms. The monoisotopic (exact) mass is 1140 g/mol. The minimum absolute atomic E-state index is 0.00712. The summed E-state index contributed by atoms with van der Waals surface area (Å²) in [7, 11) is 2.60. The van der Waals surface area contributed by atoms with E-state index in [9.17, 15) is 27.6 Å². The van der Waals surface area contributed by atoms with Crippen LogP contribution in [0.1, 0.15) is 92.9 Å². The zero-order valence-corrected chi connectivity index (χ0v) is 45.8. The van der Waals surface area contributed by atoms with Gasteiger partial charge in [0.15, 0.2) is 5.70 Å². The van der Waals surface area contributed by atoms with Gasteiger partial charge in [-0.05, 0) is 129 Å². The molecule has 0 unspecified atom stereocenters. The van der Waals surface area contributed by atoms with Gasteiger partial charge in [0.25, 0.3) is 0 Å². The second-order valence-electron chi connectivity index (χ2n) is 20.7. The van der Waals surface area contributed by atoms with Crippen LogP contribution in [0.15, 0.2) is 138 Å². The van der Waals surface area contributed by atoms with E-state index in [1.54, 1.807) is 79.7 Å². The van der Waals surface area contributed by atoms with Gasteiger partial charge in [-0.3, -0.25) is 4.79 Å². The van der Waals surface area contributed by atoms with Crippen molar-refractivity contribution in [3.8, 4) is 17.2 Å². The maximum atomic E-state index is 17.8. The Hall–Kier alpha value is -9.00. The van der Waals surface area contributed by atoms with Gasteiger partial charge < -0.3 is 41.3 Å². The van der Waals surface area contributed by atoms with E-state index in [1.165, 1.54) is 78.3 Å². The summed E-state index contributed by atoms with van der Waals surface area (Å²) in [6, 6.07) is 31.1. The van der Waals surface area contributed by atoms with Crippen LogP contribution in [0, 0.1) is 20.8 Å². The number of aromatic nitrogens is 1. The van der Waals surface area contributed by atoms with Crippen LogP contribution in [0.5, 0.6) is 17.2 Å². The molecule has 0 saturated heterocycles. The van der Waals surface area contributed by atoms with Crippen LogP contribution in [0.4, 0.5) is 35.0 Å². The average molecular weight is 1140 g/mol. The van der Waals surface area contributed by atoms with Crippen LogP contribution < -0.4 is 14.2 Å². The molecule has 9 aromatic rings. The molecule has 0 fully saturated rings. The number of allylic oxidation sites excluding steroid dienone is 1. The Morgan fingerprint density at radius 3 is 1.66 bits per heavy atom. The number of hydrogen-bond acceptors (Lipinski definition) is 8. The summed E-state index contributed by atoms with van der Waals surface area (Å²) >= 11 is 0. The highest BCUT2D eigenvalue weighted by Crippen LogP contribution is 2.53. The molecule has 0 amide bonds. The molecule has 0 N–H and O–H groups in total. The molecule has 0 atom stereocenters. The summed E-state index contributed by atoms with van der Waals surface area (Å²) < 4.78 is 155. The molecule has 2 aliphatic heterocycles. The summed E-state index contributed by atoms with van der Waals surface area (Å²) in [5.41, 5.74) is -0.204. The molecule has 0 saturated carbocycles. The van der Waals surface area contributed by atoms with E-state index in [0.717, 1.165) is 21.1 Å². The number of methoxy groups -OCH3 is 2. The summed E-state index contributed by atoms with van der Waals surface area (Å²) in [6.07, 6.45) is -9.88. The number of esters is 3. The Bertz CT molecular complexity index is 4250. The van der Waals surface area contributed by atoms with Crippen molar-refractivity contribution in [2.75, 3.05) is 14.2 Å². The lowest BCUT2D eigenvalue weighted by atomic mass is 9.83. The van der Waals surface area contributed by atoms with Gasteiger partial charge in [0.2, 0.25) is 0 Å². The molecule has 0 aliphatic carbocycles. The fraction of sp³-hybridized carbons (Fsp3) is 0.219. The van der Waals surface area contributed by atoms with Crippen molar-refractivity contribution in [2.45, 2.75) is 79.4 Å². The van der Waals surface area contributed by atoms with Crippen LogP contribution in [0.2, 0.25) is 0 Å². The van der Waals surface area contributed by atoms with Gasteiger partial charge in [-0.2, -0.15) is 26.3 Å². The van der Waals surface area contributed by atoms with Crippen LogP contribution in [-0.4, -0.2) is 53.8 Å². The SMILES string of the molecule is COc1cc(OC(=O)CCCc2ccc3c4ccc(C(F)(F)F)c5c(C)ccc(c6ccc(C(F)(F)F)c2c36)c54)cc(OC)c1C1=C2C(C)=C(C(=O)OCc3ccccc3)C(C)=[N+]2[B-](F)(F)n2c(C)c(C(=O)OCc3ccccc3)c(C)c21. The third-order valence-electron chi connectivity index (χ3n) is 15.9. The Kier molecular flexibility index (Phi) is 14.0. The molecule has 0 radical (unpaired) electrons. The van der Waals surface area contributed by atoms with Crippen molar-refractivity contribution in [3.63, 3.8) is 0 Å². The zero-order chi connectivity index (χ0) is 59.2. The molecule has 19 heteroatoms. The third kappa shape index (κ3) is 9.29. The van der Waals surface area contributed by atoms with Gasteiger partial charge >= 0.3 is 37.2 Å². The van der Waals surface area contributed by atoms with Crippen LogP contribution >= 0.6 is 0 Å². The number of aryl methyl sites for hydroxylation is 2. The Balaban J connectivity index is 0.960. The predicted octanol–water partition coefficient (Wildman–Crippen LogP) is 15.3. The minimum Gasteiger partial charge on any atom is -0.496 e. The summed E-state index contributed by atoms with van der Waals surface area (Å²) in [5.74, 6) is -2.73. The van der Waals surface area contributed by atoms with Crippen molar-refractivity contribution in [3.05, 3.63) is 200 Å². The van der Waals surface area contributed by atoms with Crippen LogP contribution in [0.25, 0.3) is 48.7 Å². The highest BCUT2D eigenvalue weighted by molar-refractivity contribution is 6.59. The molecular formula is C64H51BF8N2O8. The number of ether oxygens (including phenoxy) is 5. The lowest BCUT2D eigenvalue weighted by molar-refractivity contribution is -0.363. The van der Waals surface area contributed by atoms with E-state index in [4.69, 9.17) is 23.7 Å². The third-order valence-corrected chi connectivity index (χ3v) is 15.9. The van der Waals surface area contributed by atoms with E-state index in [0.29, 0.717) is 43.6 Å². The first-order valence-corrected chi connectivity index (χ1v) is 26.5. The van der Waals surface area contributed by atoms with E-state index < -0.39 is 48.4 Å². The molecule has 8 aromatic carbocycles. The Morgan fingerprint density at radius 1 is 0.614 bits per heavy atom. The smallest absolute Gasteiger partial charge is 0.496 e. The molecule has 424 valence electrons. The summed E-state index contributed by atoms with van der Waals surface area (Å²) in [6.45, 7) is 2.16. The number of carbonyl (C=O) groups excluding carboxylic acids is 3. The highest BCUT2D eigenvalue weighted by Gasteiger charge is 2.59. The van der Waals surface area contributed by atoms with Gasteiger partial charge in [-0.1, -0.05) is 97.1 Å². The second kappa shape index (κ2) is 20.8. The van der Waals surface area contributed by atoms with Crippen molar-refractivity contribution in [1.29, 1.82) is 0 Å². The first kappa shape index (κ1) is 55.9. The summed E-state index contributed by atoms with van der Waals surface area (Å²) in [4.78, 5) is 42.1. The zero-order valence-electron chi connectivity index (χ0n) is 45.8. The van der Waals surface area contributed by atoms with E-state index in [-0.39, 0.29) is 128 Å². The van der Waals surface area contributed by atoms with Crippen molar-refractivity contribution in [2.24, 2.45) is 0 Å². The van der Waals surface area contributed by atoms with Crippen LogP contribution in [0.3, 0.4) is 0 Å². The van der Waals surface area contributed by atoms with Gasteiger partial charge in [0.05, 0.1) is 42.0 Å². The van der Waals surface area contributed by atoms with Gasteiger partial charge in [-0.25, -0.2) is 9.59 Å². The van der Waals surface area contributed by atoms with Crippen molar-refractivity contribution in [1.82, 2.24) is 4.48 Å². The first-order chi connectivity index (χ1) is 39.5. The number of carbonyl (C=O) groups is 3. The lowest BCUT2D eigenvalue weighted by Crippen LogP contribution is -2.51. The lowest BCUT2D eigenvalue weighted by Gasteiger charge is -2.34. The predicted molar refractivity (Wildman–Crippen MR) is 299 cm³/mol. The molecule has 1 aromatic heterocycles. The van der Waals surface area contributed by atoms with E-state index >= 15 is 21.8 Å². The van der Waals surface area contributed by atoms with Gasteiger partial charge in [0.1, 0.15) is 41.7 Å².